The van der Waals surface area contributed by atoms with E-state index >= 15 is 0 Å². The zero-order valence-corrected chi connectivity index (χ0v) is 16.9. The molecule has 0 spiro atoms. The van der Waals surface area contributed by atoms with Gasteiger partial charge in [0, 0.05) is 22.9 Å². The summed E-state index contributed by atoms with van der Waals surface area (Å²) in [6, 6.07) is 5.74. The summed E-state index contributed by atoms with van der Waals surface area (Å²) in [5.41, 5.74) is 2.94. The van der Waals surface area contributed by atoms with Crippen molar-refractivity contribution in [3.05, 3.63) is 52.8 Å². The van der Waals surface area contributed by atoms with E-state index < -0.39 is 16.1 Å². The molecule has 2 aromatic rings. The minimum Gasteiger partial charge on any atom is -0.496 e. The minimum absolute atomic E-state index is 0.160. The van der Waals surface area contributed by atoms with Crippen molar-refractivity contribution in [2.45, 2.75) is 38.3 Å². The van der Waals surface area contributed by atoms with Gasteiger partial charge in [-0.05, 0) is 32.9 Å². The monoisotopic (exact) mass is 402 g/mol. The number of benzene rings is 1. The van der Waals surface area contributed by atoms with Crippen LogP contribution in [0.2, 0.25) is 0 Å². The Morgan fingerprint density at radius 2 is 2.04 bits per heavy atom. The molecule has 148 valence electrons. The van der Waals surface area contributed by atoms with Crippen molar-refractivity contribution in [2.75, 3.05) is 7.11 Å². The maximum atomic E-state index is 12.5. The summed E-state index contributed by atoms with van der Waals surface area (Å²) < 4.78 is 32.0. The first kappa shape index (κ1) is 19.8. The highest BCUT2D eigenvalue weighted by Gasteiger charge is 2.31. The van der Waals surface area contributed by atoms with E-state index in [4.69, 9.17) is 4.74 Å². The van der Waals surface area contributed by atoms with Crippen LogP contribution in [-0.4, -0.2) is 38.3 Å². The smallest absolute Gasteiger partial charge is 0.263 e. The quantitative estimate of drug-likeness (QED) is 0.787. The molecule has 1 aromatic heterocycles. The molecule has 0 saturated carbocycles. The average Bonchev–Trinajstić information content (AvgIpc) is 2.92. The Balaban J connectivity index is 1.74. The van der Waals surface area contributed by atoms with Crippen LogP contribution in [0.1, 0.15) is 29.3 Å². The van der Waals surface area contributed by atoms with Crippen LogP contribution in [-0.2, 0) is 21.4 Å². The van der Waals surface area contributed by atoms with Gasteiger partial charge >= 0.3 is 0 Å². The Morgan fingerprint density at radius 3 is 2.75 bits per heavy atom. The van der Waals surface area contributed by atoms with E-state index in [0.717, 1.165) is 16.9 Å². The molecule has 1 aromatic carbocycles. The summed E-state index contributed by atoms with van der Waals surface area (Å²) in [6.45, 7) is 5.61. The van der Waals surface area contributed by atoms with Gasteiger partial charge in [0.05, 0.1) is 24.2 Å². The molecule has 0 unspecified atom stereocenters. The average molecular weight is 402 g/mol. The van der Waals surface area contributed by atoms with Gasteiger partial charge in [-0.2, -0.15) is 0 Å². The fraction of sp³-hybridized carbons (Fsp3) is 0.316. The molecule has 1 aliphatic heterocycles. The van der Waals surface area contributed by atoms with Crippen molar-refractivity contribution in [1.29, 1.82) is 0 Å². The van der Waals surface area contributed by atoms with Crippen LogP contribution in [0.25, 0.3) is 0 Å². The number of carbonyl (C=O) groups is 1. The highest BCUT2D eigenvalue weighted by Crippen LogP contribution is 2.24. The molecule has 0 radical (unpaired) electrons. The van der Waals surface area contributed by atoms with E-state index in [0.29, 0.717) is 11.3 Å². The SMILES string of the molecule is COc1c(C)cnc(CNC(=O)[C@H](C)N=C2NS(=O)(=O)c3ccccc32)c1C. The molecular weight excluding hydrogens is 380 g/mol. The predicted molar refractivity (Wildman–Crippen MR) is 105 cm³/mol. The van der Waals surface area contributed by atoms with Gasteiger partial charge in [0.25, 0.3) is 10.0 Å². The molecule has 1 amide bonds. The number of amides is 1. The number of nitrogens with zero attached hydrogens (tertiary/aromatic N) is 2. The minimum atomic E-state index is -3.64. The van der Waals surface area contributed by atoms with E-state index in [2.05, 4.69) is 20.0 Å². The van der Waals surface area contributed by atoms with Gasteiger partial charge in [0.1, 0.15) is 17.6 Å². The summed E-state index contributed by atoms with van der Waals surface area (Å²) in [7, 11) is -2.04. The Bertz CT molecular complexity index is 1060. The normalized spacial score (nSPS) is 16.9. The second kappa shape index (κ2) is 7.59. The molecule has 3 rings (SSSR count). The molecule has 0 fully saturated rings. The van der Waals surface area contributed by atoms with Crippen LogP contribution < -0.4 is 14.8 Å². The summed E-state index contributed by atoms with van der Waals surface area (Å²) in [5, 5.41) is 2.79. The summed E-state index contributed by atoms with van der Waals surface area (Å²) in [4.78, 5) is 21.2. The van der Waals surface area contributed by atoms with Gasteiger partial charge < -0.3 is 10.1 Å². The summed E-state index contributed by atoms with van der Waals surface area (Å²) in [5.74, 6) is 0.575. The number of hydrogen-bond donors (Lipinski definition) is 2. The van der Waals surface area contributed by atoms with E-state index in [9.17, 15) is 13.2 Å². The van der Waals surface area contributed by atoms with E-state index in [1.54, 1.807) is 38.4 Å². The lowest BCUT2D eigenvalue weighted by Crippen LogP contribution is -2.34. The number of methoxy groups -OCH3 is 1. The molecule has 0 aliphatic carbocycles. The van der Waals surface area contributed by atoms with E-state index in [-0.39, 0.29) is 23.2 Å². The Kier molecular flexibility index (Phi) is 5.37. The third-order valence-electron chi connectivity index (χ3n) is 4.54. The van der Waals surface area contributed by atoms with Gasteiger partial charge in [0.2, 0.25) is 5.91 Å². The lowest BCUT2D eigenvalue weighted by Gasteiger charge is -2.14. The molecule has 8 nitrogen and oxygen atoms in total. The topological polar surface area (TPSA) is 110 Å². The third-order valence-corrected chi connectivity index (χ3v) is 5.94. The second-order valence-electron chi connectivity index (χ2n) is 6.52. The number of aromatic nitrogens is 1. The Morgan fingerprint density at radius 1 is 1.32 bits per heavy atom. The standard InChI is InChI=1S/C19H22N4O4S/c1-11-9-20-15(12(2)17(11)27-4)10-21-19(24)13(3)22-18-14-7-5-6-8-16(14)28(25,26)23-18/h5-9,13H,10H2,1-4H3,(H,21,24)(H,22,23)/t13-/m0/s1. The van der Waals surface area contributed by atoms with Crippen molar-refractivity contribution >= 4 is 21.8 Å². The van der Waals surface area contributed by atoms with Crippen molar-refractivity contribution in [1.82, 2.24) is 15.0 Å². The molecule has 2 N–H and O–H groups in total. The molecule has 0 saturated heterocycles. The summed E-state index contributed by atoms with van der Waals surface area (Å²) >= 11 is 0. The van der Waals surface area contributed by atoms with E-state index in [1.165, 1.54) is 6.07 Å². The molecule has 0 bridgehead atoms. The van der Waals surface area contributed by atoms with Gasteiger partial charge in [-0.15, -0.1) is 0 Å². The number of amidine groups is 1. The van der Waals surface area contributed by atoms with Gasteiger partial charge in [-0.3, -0.25) is 19.5 Å². The molecule has 28 heavy (non-hydrogen) atoms. The summed E-state index contributed by atoms with van der Waals surface area (Å²) in [6.07, 6.45) is 1.70. The maximum absolute atomic E-state index is 12.5. The fourth-order valence-corrected chi connectivity index (χ4v) is 4.29. The lowest BCUT2D eigenvalue weighted by molar-refractivity contribution is -0.122. The van der Waals surface area contributed by atoms with Crippen LogP contribution in [0.5, 0.6) is 5.75 Å². The number of aliphatic imine (C=N–C) groups is 1. The van der Waals surface area contributed by atoms with Crippen LogP contribution in [0.15, 0.2) is 40.4 Å². The number of aryl methyl sites for hydroxylation is 1. The van der Waals surface area contributed by atoms with Crippen molar-refractivity contribution in [3.63, 3.8) is 0 Å². The number of fused-ring (bicyclic) bond motifs is 1. The largest absolute Gasteiger partial charge is 0.496 e. The Labute approximate surface area is 164 Å². The first-order chi connectivity index (χ1) is 13.2. The maximum Gasteiger partial charge on any atom is 0.263 e. The lowest BCUT2D eigenvalue weighted by atomic mass is 10.1. The van der Waals surface area contributed by atoms with E-state index in [1.807, 2.05) is 13.8 Å². The first-order valence-electron chi connectivity index (χ1n) is 8.71. The number of nitrogens with one attached hydrogen (secondary N) is 2. The fourth-order valence-electron chi connectivity index (χ4n) is 3.05. The number of ether oxygens (including phenoxy) is 1. The molecule has 1 atom stereocenters. The zero-order chi connectivity index (χ0) is 20.5. The molecular formula is C19H22N4O4S. The third kappa shape index (κ3) is 3.70. The van der Waals surface area contributed by atoms with Crippen molar-refractivity contribution in [3.8, 4) is 5.75 Å². The first-order valence-corrected chi connectivity index (χ1v) is 10.2. The van der Waals surface area contributed by atoms with Crippen LogP contribution >= 0.6 is 0 Å². The molecule has 2 heterocycles. The second-order valence-corrected chi connectivity index (χ2v) is 8.17. The van der Waals surface area contributed by atoms with Crippen LogP contribution in [0, 0.1) is 13.8 Å². The van der Waals surface area contributed by atoms with Crippen LogP contribution in [0.4, 0.5) is 0 Å². The molecule has 1 aliphatic rings. The predicted octanol–water partition coefficient (Wildman–Crippen LogP) is 1.45. The van der Waals surface area contributed by atoms with Crippen LogP contribution in [0.3, 0.4) is 0 Å². The molecule has 9 heteroatoms. The van der Waals surface area contributed by atoms with Gasteiger partial charge in [-0.25, -0.2) is 8.42 Å². The van der Waals surface area contributed by atoms with Gasteiger partial charge in [-0.1, -0.05) is 12.1 Å². The number of pyridine rings is 1. The van der Waals surface area contributed by atoms with Gasteiger partial charge in [0.15, 0.2) is 0 Å². The van der Waals surface area contributed by atoms with Crippen molar-refractivity contribution in [2.24, 2.45) is 4.99 Å². The van der Waals surface area contributed by atoms with Crippen molar-refractivity contribution < 1.29 is 17.9 Å². The Hall–Kier alpha value is -2.94. The number of carbonyl (C=O) groups excluding carboxylic acids is 1. The number of hydrogen-bond acceptors (Lipinski definition) is 6. The highest BCUT2D eigenvalue weighted by atomic mass is 32.2. The number of rotatable bonds is 5. The highest BCUT2D eigenvalue weighted by molar-refractivity contribution is 7.90. The zero-order valence-electron chi connectivity index (χ0n) is 16.1. The number of sulfonamides is 1.